The van der Waals surface area contributed by atoms with Gasteiger partial charge in [0.05, 0.1) is 10.9 Å². The number of rotatable bonds is 4. The van der Waals surface area contributed by atoms with Crippen molar-refractivity contribution in [3.8, 4) is 0 Å². The zero-order valence-electron chi connectivity index (χ0n) is 12.1. The number of nitrogens with zero attached hydrogens (tertiary/aromatic N) is 2. The molecule has 3 rings (SSSR count). The van der Waals surface area contributed by atoms with Crippen LogP contribution in [-0.4, -0.2) is 14.8 Å². The van der Waals surface area contributed by atoms with Gasteiger partial charge in [0.1, 0.15) is 0 Å². The van der Waals surface area contributed by atoms with Crippen LogP contribution in [0.2, 0.25) is 0 Å². The smallest absolute Gasteiger partial charge is 0.262 e. The molecule has 0 unspecified atom stereocenters. The molecule has 0 saturated heterocycles. The number of hydrogen-bond acceptors (Lipinski definition) is 3. The molecule has 1 saturated carbocycles. The van der Waals surface area contributed by atoms with Crippen molar-refractivity contribution in [2.24, 2.45) is 0 Å². The van der Waals surface area contributed by atoms with Crippen LogP contribution in [0.1, 0.15) is 32.1 Å². The highest BCUT2D eigenvalue weighted by molar-refractivity contribution is 7.99. The van der Waals surface area contributed by atoms with Crippen molar-refractivity contribution in [1.82, 2.24) is 9.55 Å². The van der Waals surface area contributed by atoms with E-state index in [4.69, 9.17) is 4.98 Å². The van der Waals surface area contributed by atoms with Gasteiger partial charge in [-0.15, -0.1) is 6.58 Å². The maximum Gasteiger partial charge on any atom is 0.262 e. The third-order valence-corrected chi connectivity index (χ3v) is 5.29. The molecule has 1 fully saturated rings. The molecule has 0 spiro atoms. The third-order valence-electron chi connectivity index (χ3n) is 3.96. The van der Waals surface area contributed by atoms with Gasteiger partial charge in [0, 0.05) is 11.8 Å². The number of aromatic nitrogens is 2. The van der Waals surface area contributed by atoms with Crippen LogP contribution in [0, 0.1) is 0 Å². The Balaban J connectivity index is 2.04. The lowest BCUT2D eigenvalue weighted by molar-refractivity contribution is 0.513. The maximum atomic E-state index is 12.6. The Hall–Kier alpha value is -1.55. The highest BCUT2D eigenvalue weighted by Gasteiger charge is 2.18. The van der Waals surface area contributed by atoms with Crippen LogP contribution in [0.25, 0.3) is 10.9 Å². The second kappa shape index (κ2) is 6.48. The first-order valence-corrected chi connectivity index (χ1v) is 8.44. The van der Waals surface area contributed by atoms with Gasteiger partial charge in [0.15, 0.2) is 5.16 Å². The van der Waals surface area contributed by atoms with E-state index in [1.165, 1.54) is 32.1 Å². The second-order valence-corrected chi connectivity index (χ2v) is 6.76. The molecule has 1 aromatic heterocycles. The molecule has 3 nitrogen and oxygen atoms in total. The molecule has 0 N–H and O–H groups in total. The van der Waals surface area contributed by atoms with E-state index in [1.807, 2.05) is 24.3 Å². The van der Waals surface area contributed by atoms with E-state index in [0.29, 0.717) is 17.2 Å². The first-order valence-electron chi connectivity index (χ1n) is 7.56. The molecular formula is C17H20N2OS. The first-order chi connectivity index (χ1) is 10.3. The van der Waals surface area contributed by atoms with Crippen molar-refractivity contribution < 1.29 is 0 Å². The lowest BCUT2D eigenvalue weighted by Gasteiger charge is -2.22. The molecular weight excluding hydrogens is 280 g/mol. The largest absolute Gasteiger partial charge is 0.283 e. The van der Waals surface area contributed by atoms with E-state index < -0.39 is 0 Å². The topological polar surface area (TPSA) is 34.9 Å². The Morgan fingerprint density at radius 1 is 1.29 bits per heavy atom. The molecule has 1 aliphatic carbocycles. The fourth-order valence-corrected chi connectivity index (χ4v) is 4.16. The number of fused-ring (bicyclic) bond motifs is 1. The monoisotopic (exact) mass is 300 g/mol. The lowest BCUT2D eigenvalue weighted by atomic mass is 10.0. The summed E-state index contributed by atoms with van der Waals surface area (Å²) in [5.74, 6) is 0. The zero-order valence-corrected chi connectivity index (χ0v) is 12.9. The molecule has 4 heteroatoms. The highest BCUT2D eigenvalue weighted by atomic mass is 32.2. The minimum Gasteiger partial charge on any atom is -0.283 e. The average Bonchev–Trinajstić information content (AvgIpc) is 2.52. The summed E-state index contributed by atoms with van der Waals surface area (Å²) in [6.07, 6.45) is 8.13. The Morgan fingerprint density at radius 2 is 2.05 bits per heavy atom. The molecule has 1 aromatic carbocycles. The van der Waals surface area contributed by atoms with Gasteiger partial charge in [-0.2, -0.15) is 0 Å². The summed E-state index contributed by atoms with van der Waals surface area (Å²) < 4.78 is 1.76. The van der Waals surface area contributed by atoms with Crippen molar-refractivity contribution in [2.75, 3.05) is 0 Å². The van der Waals surface area contributed by atoms with Crippen LogP contribution in [0.4, 0.5) is 0 Å². The summed E-state index contributed by atoms with van der Waals surface area (Å²) >= 11 is 1.76. The summed E-state index contributed by atoms with van der Waals surface area (Å²) in [7, 11) is 0. The number of benzene rings is 1. The molecule has 21 heavy (non-hydrogen) atoms. The van der Waals surface area contributed by atoms with Crippen LogP contribution in [0.15, 0.2) is 46.9 Å². The van der Waals surface area contributed by atoms with E-state index in [0.717, 1.165) is 10.7 Å². The van der Waals surface area contributed by atoms with Gasteiger partial charge >= 0.3 is 0 Å². The standard InChI is InChI=1S/C17H20N2OS/c1-2-12-19-16(20)14-10-6-7-11-15(14)18-17(19)21-13-8-4-3-5-9-13/h2,6-7,10-11,13H,1,3-5,8-9,12H2. The predicted octanol–water partition coefficient (Wildman–Crippen LogP) is 4.01. The van der Waals surface area contributed by atoms with Gasteiger partial charge in [-0.3, -0.25) is 9.36 Å². The molecule has 0 bridgehead atoms. The Kier molecular flexibility index (Phi) is 4.44. The van der Waals surface area contributed by atoms with Crippen LogP contribution in [0.5, 0.6) is 0 Å². The van der Waals surface area contributed by atoms with E-state index in [2.05, 4.69) is 6.58 Å². The fraction of sp³-hybridized carbons (Fsp3) is 0.412. The van der Waals surface area contributed by atoms with Crippen molar-refractivity contribution in [3.63, 3.8) is 0 Å². The number of thioether (sulfide) groups is 1. The third kappa shape index (κ3) is 3.05. The Morgan fingerprint density at radius 3 is 2.81 bits per heavy atom. The molecule has 1 aliphatic rings. The Bertz CT molecular complexity index is 701. The molecule has 0 atom stereocenters. The van der Waals surface area contributed by atoms with Crippen molar-refractivity contribution in [2.45, 2.75) is 49.1 Å². The van der Waals surface area contributed by atoms with Gasteiger partial charge in [0.25, 0.3) is 5.56 Å². The summed E-state index contributed by atoms with van der Waals surface area (Å²) in [5.41, 5.74) is 0.833. The van der Waals surface area contributed by atoms with E-state index >= 15 is 0 Å². The zero-order chi connectivity index (χ0) is 14.7. The van der Waals surface area contributed by atoms with Crippen molar-refractivity contribution >= 4 is 22.7 Å². The van der Waals surface area contributed by atoms with E-state index in [9.17, 15) is 4.79 Å². The molecule has 2 aromatic rings. The highest BCUT2D eigenvalue weighted by Crippen LogP contribution is 2.32. The van der Waals surface area contributed by atoms with E-state index in [-0.39, 0.29) is 5.56 Å². The maximum absolute atomic E-state index is 12.6. The SMILES string of the molecule is C=CCn1c(SC2CCCCC2)nc2ccccc2c1=O. The fourth-order valence-electron chi connectivity index (χ4n) is 2.86. The van der Waals surface area contributed by atoms with Crippen LogP contribution >= 0.6 is 11.8 Å². The van der Waals surface area contributed by atoms with Crippen molar-refractivity contribution in [1.29, 1.82) is 0 Å². The lowest BCUT2D eigenvalue weighted by Crippen LogP contribution is -2.24. The summed E-state index contributed by atoms with van der Waals surface area (Å²) in [6.45, 7) is 4.29. The number of para-hydroxylation sites is 1. The van der Waals surface area contributed by atoms with Crippen LogP contribution < -0.4 is 5.56 Å². The molecule has 0 radical (unpaired) electrons. The minimum atomic E-state index is 0.0406. The number of allylic oxidation sites excluding steroid dienone is 1. The van der Waals surface area contributed by atoms with Crippen molar-refractivity contribution in [3.05, 3.63) is 47.3 Å². The van der Waals surface area contributed by atoms with Crippen LogP contribution in [0.3, 0.4) is 0 Å². The molecule has 1 heterocycles. The summed E-state index contributed by atoms with van der Waals surface area (Å²) in [6, 6.07) is 7.58. The van der Waals surface area contributed by atoms with Gasteiger partial charge in [-0.1, -0.05) is 49.2 Å². The summed E-state index contributed by atoms with van der Waals surface area (Å²) in [5, 5.41) is 2.11. The first kappa shape index (κ1) is 14.4. The second-order valence-electron chi connectivity index (χ2n) is 5.49. The average molecular weight is 300 g/mol. The quantitative estimate of drug-likeness (QED) is 0.632. The molecule has 0 amide bonds. The van der Waals surface area contributed by atoms with Gasteiger partial charge in [-0.05, 0) is 25.0 Å². The molecule has 0 aliphatic heterocycles. The predicted molar refractivity (Wildman–Crippen MR) is 88.9 cm³/mol. The van der Waals surface area contributed by atoms with E-state index in [1.54, 1.807) is 22.4 Å². The van der Waals surface area contributed by atoms with Gasteiger partial charge in [-0.25, -0.2) is 4.98 Å². The molecule has 110 valence electrons. The summed E-state index contributed by atoms with van der Waals surface area (Å²) in [4.78, 5) is 17.4. The minimum absolute atomic E-state index is 0.0406. The Labute approximate surface area is 129 Å². The van der Waals surface area contributed by atoms with Crippen LogP contribution in [-0.2, 0) is 6.54 Å². The van der Waals surface area contributed by atoms with Gasteiger partial charge in [0.2, 0.25) is 0 Å². The van der Waals surface area contributed by atoms with Gasteiger partial charge < -0.3 is 0 Å². The normalized spacial score (nSPS) is 16.2. The number of hydrogen-bond donors (Lipinski definition) is 0.